The molecule has 4 nitrogen and oxygen atoms in total. The van der Waals surface area contributed by atoms with E-state index in [1.165, 1.54) is 12.1 Å². The van der Waals surface area contributed by atoms with Crippen molar-refractivity contribution in [2.24, 2.45) is 0 Å². The summed E-state index contributed by atoms with van der Waals surface area (Å²) in [6.45, 7) is 0.436. The highest BCUT2D eigenvalue weighted by molar-refractivity contribution is 5.95. The summed E-state index contributed by atoms with van der Waals surface area (Å²) in [5.74, 6) is 0.203. The Balaban J connectivity index is 1.76. The van der Waals surface area contributed by atoms with Crippen LogP contribution in [0.4, 0.5) is 10.1 Å². The highest BCUT2D eigenvalue weighted by Gasteiger charge is 2.20. The van der Waals surface area contributed by atoms with Gasteiger partial charge in [0.1, 0.15) is 17.6 Å². The summed E-state index contributed by atoms with van der Waals surface area (Å²) in [5.41, 5.74) is 2.40. The van der Waals surface area contributed by atoms with Crippen LogP contribution in [0.1, 0.15) is 17.2 Å². The third-order valence-corrected chi connectivity index (χ3v) is 4.16. The molecule has 3 aromatic rings. The zero-order valence-electron chi connectivity index (χ0n) is 15.0. The van der Waals surface area contributed by atoms with Crippen molar-refractivity contribution in [1.82, 2.24) is 5.32 Å². The number of carbonyl (C=O) groups excluding carboxylic acids is 1. The molecular formula is C22H21FN2O2. The number of anilines is 1. The highest BCUT2D eigenvalue weighted by atomic mass is 19.1. The second kappa shape index (κ2) is 8.96. The van der Waals surface area contributed by atoms with Crippen molar-refractivity contribution >= 4 is 11.6 Å². The molecule has 0 saturated heterocycles. The largest absolute Gasteiger partial charge is 0.497 e. The van der Waals surface area contributed by atoms with Gasteiger partial charge in [-0.3, -0.25) is 10.1 Å². The third-order valence-electron chi connectivity index (χ3n) is 4.16. The van der Waals surface area contributed by atoms with Gasteiger partial charge in [0.2, 0.25) is 5.91 Å². The lowest BCUT2D eigenvalue weighted by molar-refractivity contribution is -0.118. The number of rotatable bonds is 7. The lowest BCUT2D eigenvalue weighted by Crippen LogP contribution is -2.32. The molecule has 1 atom stereocenters. The second-order valence-electron chi connectivity index (χ2n) is 6.07. The van der Waals surface area contributed by atoms with Crippen LogP contribution in [-0.2, 0) is 11.3 Å². The molecule has 0 aliphatic carbocycles. The predicted octanol–water partition coefficient (Wildman–Crippen LogP) is 4.30. The van der Waals surface area contributed by atoms with Gasteiger partial charge in [-0.25, -0.2) is 4.39 Å². The van der Waals surface area contributed by atoms with Gasteiger partial charge in [0.15, 0.2) is 0 Å². The molecular weight excluding hydrogens is 343 g/mol. The van der Waals surface area contributed by atoms with E-state index in [-0.39, 0.29) is 11.7 Å². The molecule has 1 amide bonds. The van der Waals surface area contributed by atoms with Gasteiger partial charge in [-0.1, -0.05) is 48.5 Å². The average molecular weight is 364 g/mol. The summed E-state index contributed by atoms with van der Waals surface area (Å²) < 4.78 is 18.3. The molecule has 138 valence electrons. The summed E-state index contributed by atoms with van der Waals surface area (Å²) in [6.07, 6.45) is 0. The molecule has 3 rings (SSSR count). The van der Waals surface area contributed by atoms with Crippen LogP contribution in [0, 0.1) is 5.82 Å². The number of hydrogen-bond donors (Lipinski definition) is 2. The first-order valence-electron chi connectivity index (χ1n) is 8.63. The number of ether oxygens (including phenoxy) is 1. The number of hydrogen-bond acceptors (Lipinski definition) is 3. The van der Waals surface area contributed by atoms with Crippen LogP contribution in [0.3, 0.4) is 0 Å². The first-order valence-corrected chi connectivity index (χ1v) is 8.63. The summed E-state index contributed by atoms with van der Waals surface area (Å²) >= 11 is 0. The Morgan fingerprint density at radius 1 is 1.00 bits per heavy atom. The topological polar surface area (TPSA) is 50.4 Å². The van der Waals surface area contributed by atoms with Gasteiger partial charge in [0.25, 0.3) is 0 Å². The number of benzene rings is 3. The first kappa shape index (κ1) is 18.6. The molecule has 27 heavy (non-hydrogen) atoms. The SMILES string of the molecule is COc1cccc(NC(=O)C(NCc2ccc(F)cc2)c2ccccc2)c1. The predicted molar refractivity (Wildman–Crippen MR) is 104 cm³/mol. The fourth-order valence-electron chi connectivity index (χ4n) is 2.74. The van der Waals surface area contributed by atoms with Crippen molar-refractivity contribution in [2.75, 3.05) is 12.4 Å². The van der Waals surface area contributed by atoms with Crippen LogP contribution in [-0.4, -0.2) is 13.0 Å². The summed E-state index contributed by atoms with van der Waals surface area (Å²) in [5, 5.41) is 6.17. The molecule has 5 heteroatoms. The second-order valence-corrected chi connectivity index (χ2v) is 6.07. The van der Waals surface area contributed by atoms with E-state index in [1.54, 1.807) is 25.3 Å². The van der Waals surface area contributed by atoms with Gasteiger partial charge in [-0.15, -0.1) is 0 Å². The fourth-order valence-corrected chi connectivity index (χ4v) is 2.74. The maximum Gasteiger partial charge on any atom is 0.246 e. The van der Waals surface area contributed by atoms with E-state index in [0.717, 1.165) is 11.1 Å². The minimum Gasteiger partial charge on any atom is -0.497 e. The third kappa shape index (κ3) is 5.15. The summed E-state index contributed by atoms with van der Waals surface area (Å²) in [4.78, 5) is 12.9. The molecule has 0 spiro atoms. The molecule has 0 aromatic heterocycles. The first-order chi connectivity index (χ1) is 13.2. The molecule has 0 radical (unpaired) electrons. The fraction of sp³-hybridized carbons (Fsp3) is 0.136. The molecule has 0 aliphatic heterocycles. The van der Waals surface area contributed by atoms with Gasteiger partial charge in [-0.2, -0.15) is 0 Å². The Kier molecular flexibility index (Phi) is 6.18. The van der Waals surface area contributed by atoms with Crippen LogP contribution < -0.4 is 15.4 Å². The van der Waals surface area contributed by atoms with Gasteiger partial charge in [0, 0.05) is 18.3 Å². The monoisotopic (exact) mass is 364 g/mol. The normalized spacial score (nSPS) is 11.6. The summed E-state index contributed by atoms with van der Waals surface area (Å²) in [6, 6.07) is 22.3. The minimum atomic E-state index is -0.553. The quantitative estimate of drug-likeness (QED) is 0.657. The molecule has 0 heterocycles. The van der Waals surface area contributed by atoms with Crippen molar-refractivity contribution < 1.29 is 13.9 Å². The van der Waals surface area contributed by atoms with Crippen molar-refractivity contribution in [1.29, 1.82) is 0 Å². The number of amides is 1. The highest BCUT2D eigenvalue weighted by Crippen LogP contribution is 2.20. The maximum atomic E-state index is 13.1. The van der Waals surface area contributed by atoms with E-state index in [1.807, 2.05) is 48.5 Å². The van der Waals surface area contributed by atoms with Crippen molar-refractivity contribution in [3.8, 4) is 5.75 Å². The Bertz CT molecular complexity index is 882. The van der Waals surface area contributed by atoms with E-state index in [9.17, 15) is 9.18 Å². The van der Waals surface area contributed by atoms with Crippen molar-refractivity contribution in [2.45, 2.75) is 12.6 Å². The number of nitrogens with one attached hydrogen (secondary N) is 2. The van der Waals surface area contributed by atoms with Crippen molar-refractivity contribution in [3.05, 3.63) is 95.8 Å². The molecule has 1 unspecified atom stereocenters. The Labute approximate surface area is 158 Å². The molecule has 0 saturated carbocycles. The van der Waals surface area contributed by atoms with Crippen LogP contribution in [0.15, 0.2) is 78.9 Å². The van der Waals surface area contributed by atoms with E-state index >= 15 is 0 Å². The van der Waals surface area contributed by atoms with Crippen LogP contribution >= 0.6 is 0 Å². The van der Waals surface area contributed by atoms with E-state index in [4.69, 9.17) is 4.74 Å². The molecule has 0 fully saturated rings. The zero-order chi connectivity index (χ0) is 19.1. The Morgan fingerprint density at radius 2 is 1.74 bits per heavy atom. The lowest BCUT2D eigenvalue weighted by Gasteiger charge is -2.19. The summed E-state index contributed by atoms with van der Waals surface area (Å²) in [7, 11) is 1.58. The van der Waals surface area contributed by atoms with Crippen molar-refractivity contribution in [3.63, 3.8) is 0 Å². The maximum absolute atomic E-state index is 13.1. The molecule has 0 bridgehead atoms. The Morgan fingerprint density at radius 3 is 2.44 bits per heavy atom. The van der Waals surface area contributed by atoms with E-state index < -0.39 is 6.04 Å². The van der Waals surface area contributed by atoms with E-state index in [2.05, 4.69) is 10.6 Å². The zero-order valence-corrected chi connectivity index (χ0v) is 15.0. The number of halogens is 1. The lowest BCUT2D eigenvalue weighted by atomic mass is 10.1. The van der Waals surface area contributed by atoms with Gasteiger partial charge in [0.05, 0.1) is 7.11 Å². The van der Waals surface area contributed by atoms with Crippen LogP contribution in [0.2, 0.25) is 0 Å². The minimum absolute atomic E-state index is 0.184. The molecule has 3 aromatic carbocycles. The van der Waals surface area contributed by atoms with Gasteiger partial charge < -0.3 is 10.1 Å². The number of methoxy groups -OCH3 is 1. The molecule has 2 N–H and O–H groups in total. The Hall–Kier alpha value is -3.18. The smallest absolute Gasteiger partial charge is 0.246 e. The standard InChI is InChI=1S/C22H21FN2O2/c1-27-20-9-5-8-19(14-20)25-22(26)21(17-6-3-2-4-7-17)24-15-16-10-12-18(23)13-11-16/h2-14,21,24H,15H2,1H3,(H,25,26). The van der Waals surface area contributed by atoms with Crippen LogP contribution in [0.5, 0.6) is 5.75 Å². The van der Waals surface area contributed by atoms with Crippen LogP contribution in [0.25, 0.3) is 0 Å². The van der Waals surface area contributed by atoms with Gasteiger partial charge in [-0.05, 0) is 35.4 Å². The van der Waals surface area contributed by atoms with E-state index in [0.29, 0.717) is 18.0 Å². The molecule has 0 aliphatic rings. The average Bonchev–Trinajstić information content (AvgIpc) is 2.70. The number of carbonyl (C=O) groups is 1. The van der Waals surface area contributed by atoms with Gasteiger partial charge >= 0.3 is 0 Å².